The maximum atomic E-state index is 12.2. The number of para-hydroxylation sites is 2. The lowest BCUT2D eigenvalue weighted by Gasteiger charge is -2.34. The Bertz CT molecular complexity index is 860. The maximum absolute atomic E-state index is 12.2. The summed E-state index contributed by atoms with van der Waals surface area (Å²) >= 11 is 0. The van der Waals surface area contributed by atoms with Gasteiger partial charge < -0.3 is 18.8 Å². The highest BCUT2D eigenvalue weighted by molar-refractivity contribution is 5.74. The van der Waals surface area contributed by atoms with Gasteiger partial charge in [0.2, 0.25) is 0 Å². The molecule has 0 saturated carbocycles. The number of fused-ring (bicyclic) bond motifs is 1. The van der Waals surface area contributed by atoms with E-state index < -0.39 is 0 Å². The number of aryl methyl sites for hydroxylation is 1. The molecule has 0 bridgehead atoms. The van der Waals surface area contributed by atoms with Crippen LogP contribution in [0.25, 0.3) is 11.1 Å². The van der Waals surface area contributed by atoms with Crippen LogP contribution in [0.1, 0.15) is 0 Å². The fraction of sp³-hybridized carbons (Fsp3) is 0.312. The quantitative estimate of drug-likeness (QED) is 0.709. The Hall–Kier alpha value is -2.83. The lowest BCUT2D eigenvalue weighted by atomic mass is 10.3. The van der Waals surface area contributed by atoms with Gasteiger partial charge in [0, 0.05) is 45.6 Å². The fourth-order valence-corrected chi connectivity index (χ4v) is 2.81. The Kier molecular flexibility index (Phi) is 3.25. The maximum Gasteiger partial charge on any atom is 0.298 e. The monoisotopic (exact) mass is 311 g/mol. The molecule has 0 aliphatic carbocycles. The van der Waals surface area contributed by atoms with Gasteiger partial charge in [-0.3, -0.25) is 4.79 Å². The first kappa shape index (κ1) is 13.8. The number of hydrogen-bond acceptors (Lipinski definition) is 6. The van der Waals surface area contributed by atoms with Crippen molar-refractivity contribution in [2.75, 3.05) is 36.0 Å². The molecule has 1 saturated heterocycles. The molecule has 0 unspecified atom stereocenters. The van der Waals surface area contributed by atoms with Crippen LogP contribution in [0.3, 0.4) is 0 Å². The smallest absolute Gasteiger partial charge is 0.298 e. The number of aromatic nitrogens is 3. The van der Waals surface area contributed by atoms with Crippen LogP contribution < -0.4 is 15.4 Å². The Morgan fingerprint density at radius 3 is 2.61 bits per heavy atom. The summed E-state index contributed by atoms with van der Waals surface area (Å²) in [6, 6.07) is 8.38. The second kappa shape index (κ2) is 5.42. The lowest BCUT2D eigenvalue weighted by molar-refractivity contribution is 0.539. The number of nitrogens with zero attached hydrogens (tertiary/aromatic N) is 5. The number of rotatable bonds is 2. The van der Waals surface area contributed by atoms with Crippen molar-refractivity contribution in [3.8, 4) is 0 Å². The Morgan fingerprint density at radius 1 is 1.09 bits per heavy atom. The zero-order valence-electron chi connectivity index (χ0n) is 12.8. The predicted octanol–water partition coefficient (Wildman–Crippen LogP) is 1.25. The summed E-state index contributed by atoms with van der Waals surface area (Å²) in [6.45, 7) is 2.91. The molecule has 1 fully saturated rings. The Balaban J connectivity index is 1.52. The van der Waals surface area contributed by atoms with Crippen molar-refractivity contribution in [1.29, 1.82) is 0 Å². The van der Waals surface area contributed by atoms with E-state index in [-0.39, 0.29) is 5.56 Å². The van der Waals surface area contributed by atoms with E-state index >= 15 is 0 Å². The SMILES string of the molecule is Cn1ccnc(N2CCN(c3nc4ccccc4o3)CC2)c1=O. The van der Waals surface area contributed by atoms with E-state index in [9.17, 15) is 4.79 Å². The van der Waals surface area contributed by atoms with Crippen molar-refractivity contribution in [2.24, 2.45) is 7.05 Å². The van der Waals surface area contributed by atoms with Gasteiger partial charge >= 0.3 is 0 Å². The van der Waals surface area contributed by atoms with Gasteiger partial charge in [0.05, 0.1) is 0 Å². The van der Waals surface area contributed by atoms with Gasteiger partial charge in [-0.15, -0.1) is 0 Å². The summed E-state index contributed by atoms with van der Waals surface area (Å²) in [5.41, 5.74) is 1.59. The van der Waals surface area contributed by atoms with E-state index in [1.54, 1.807) is 24.0 Å². The highest BCUT2D eigenvalue weighted by Crippen LogP contribution is 2.22. The molecule has 7 heteroatoms. The average Bonchev–Trinajstić information content (AvgIpc) is 3.02. The first-order chi connectivity index (χ1) is 11.2. The van der Waals surface area contributed by atoms with E-state index in [0.29, 0.717) is 24.9 Å². The average molecular weight is 311 g/mol. The molecule has 1 aliphatic rings. The molecule has 7 nitrogen and oxygen atoms in total. The van der Waals surface area contributed by atoms with Gasteiger partial charge in [-0.05, 0) is 12.1 Å². The van der Waals surface area contributed by atoms with Gasteiger partial charge in [-0.1, -0.05) is 12.1 Å². The molecule has 23 heavy (non-hydrogen) atoms. The standard InChI is InChI=1S/C16H17N5O2/c1-19-7-6-17-14(15(19)22)20-8-10-21(11-9-20)16-18-12-4-2-3-5-13(12)23-16/h2-7H,8-11H2,1H3. The van der Waals surface area contributed by atoms with Crippen LogP contribution >= 0.6 is 0 Å². The highest BCUT2D eigenvalue weighted by Gasteiger charge is 2.23. The van der Waals surface area contributed by atoms with Crippen LogP contribution in [-0.2, 0) is 7.05 Å². The molecule has 0 spiro atoms. The topological polar surface area (TPSA) is 67.4 Å². The van der Waals surface area contributed by atoms with Crippen LogP contribution in [0.15, 0.2) is 45.9 Å². The Labute approximate surface area is 132 Å². The second-order valence-corrected chi connectivity index (χ2v) is 5.61. The number of hydrogen-bond donors (Lipinski definition) is 0. The van der Waals surface area contributed by atoms with Gasteiger partial charge in [0.25, 0.3) is 11.6 Å². The molecule has 1 aromatic carbocycles. The molecule has 0 atom stereocenters. The number of benzene rings is 1. The zero-order chi connectivity index (χ0) is 15.8. The minimum absolute atomic E-state index is 0.0668. The molecule has 3 aromatic rings. The highest BCUT2D eigenvalue weighted by atomic mass is 16.4. The third-order valence-corrected chi connectivity index (χ3v) is 4.13. The van der Waals surface area contributed by atoms with Crippen LogP contribution in [0.5, 0.6) is 0 Å². The molecular formula is C16H17N5O2. The van der Waals surface area contributed by atoms with E-state index in [2.05, 4.69) is 14.9 Å². The number of anilines is 2. The molecule has 0 N–H and O–H groups in total. The largest absolute Gasteiger partial charge is 0.423 e. The van der Waals surface area contributed by atoms with Crippen molar-refractivity contribution in [1.82, 2.24) is 14.5 Å². The molecule has 1 aliphatic heterocycles. The summed E-state index contributed by atoms with van der Waals surface area (Å²) in [5, 5.41) is 0. The van der Waals surface area contributed by atoms with E-state index in [0.717, 1.165) is 24.2 Å². The van der Waals surface area contributed by atoms with Crippen molar-refractivity contribution < 1.29 is 4.42 Å². The van der Waals surface area contributed by atoms with Crippen molar-refractivity contribution in [2.45, 2.75) is 0 Å². The van der Waals surface area contributed by atoms with Gasteiger partial charge in [-0.25, -0.2) is 4.98 Å². The lowest BCUT2D eigenvalue weighted by Crippen LogP contribution is -2.48. The van der Waals surface area contributed by atoms with Crippen molar-refractivity contribution in [3.05, 3.63) is 47.0 Å². The third kappa shape index (κ3) is 2.44. The van der Waals surface area contributed by atoms with E-state index in [4.69, 9.17) is 4.42 Å². The summed E-state index contributed by atoms with van der Waals surface area (Å²) < 4.78 is 7.36. The molecule has 4 rings (SSSR count). The fourth-order valence-electron chi connectivity index (χ4n) is 2.81. The van der Waals surface area contributed by atoms with Crippen LogP contribution in [0.2, 0.25) is 0 Å². The molecule has 118 valence electrons. The van der Waals surface area contributed by atoms with Crippen LogP contribution in [0, 0.1) is 0 Å². The van der Waals surface area contributed by atoms with Crippen molar-refractivity contribution in [3.63, 3.8) is 0 Å². The first-order valence-corrected chi connectivity index (χ1v) is 7.59. The van der Waals surface area contributed by atoms with E-state index in [1.165, 1.54) is 0 Å². The number of oxazole rings is 1. The third-order valence-electron chi connectivity index (χ3n) is 4.13. The number of piperazine rings is 1. The first-order valence-electron chi connectivity index (χ1n) is 7.59. The predicted molar refractivity (Wildman–Crippen MR) is 87.9 cm³/mol. The van der Waals surface area contributed by atoms with Gasteiger partial charge in [0.15, 0.2) is 11.4 Å². The molecular weight excluding hydrogens is 294 g/mol. The Morgan fingerprint density at radius 2 is 1.83 bits per heavy atom. The molecule has 2 aromatic heterocycles. The molecule has 0 radical (unpaired) electrons. The molecule has 0 amide bonds. The van der Waals surface area contributed by atoms with Gasteiger partial charge in [-0.2, -0.15) is 4.98 Å². The summed E-state index contributed by atoms with van der Waals surface area (Å²) in [4.78, 5) is 25.0. The molecule has 3 heterocycles. The summed E-state index contributed by atoms with van der Waals surface area (Å²) in [6.07, 6.45) is 3.32. The summed E-state index contributed by atoms with van der Waals surface area (Å²) in [7, 11) is 1.74. The van der Waals surface area contributed by atoms with Crippen molar-refractivity contribution >= 4 is 22.9 Å². The van der Waals surface area contributed by atoms with Crippen LogP contribution in [0.4, 0.5) is 11.8 Å². The zero-order valence-corrected chi connectivity index (χ0v) is 12.8. The van der Waals surface area contributed by atoms with Gasteiger partial charge in [0.1, 0.15) is 5.52 Å². The second-order valence-electron chi connectivity index (χ2n) is 5.61. The minimum Gasteiger partial charge on any atom is -0.423 e. The van der Waals surface area contributed by atoms with Crippen LogP contribution in [-0.4, -0.2) is 40.7 Å². The van der Waals surface area contributed by atoms with E-state index in [1.807, 2.05) is 29.2 Å². The normalized spacial score (nSPS) is 15.3. The minimum atomic E-state index is -0.0668. The summed E-state index contributed by atoms with van der Waals surface area (Å²) in [5.74, 6) is 0.507.